The lowest BCUT2D eigenvalue weighted by Gasteiger charge is -2.15. The molecule has 0 saturated carbocycles. The number of thioether (sulfide) groups is 1. The number of para-hydroxylation sites is 2. The number of H-pyrrole nitrogens is 1. The van der Waals surface area contributed by atoms with E-state index in [1.807, 2.05) is 0 Å². The number of nitrogens with one attached hydrogen (secondary N) is 2. The zero-order chi connectivity index (χ0) is 20.1. The topological polar surface area (TPSA) is 93.2 Å². The predicted molar refractivity (Wildman–Crippen MR) is 110 cm³/mol. The molecule has 2 N–H and O–H groups in total. The lowest BCUT2D eigenvalue weighted by molar-refractivity contribution is -0.113. The number of aromatic amines is 1. The van der Waals surface area contributed by atoms with E-state index < -0.39 is 11.2 Å². The zero-order valence-electron chi connectivity index (χ0n) is 14.8. The molecule has 3 rings (SSSR count). The number of nitrogens with zero attached hydrogens (tertiary/aromatic N) is 1. The van der Waals surface area contributed by atoms with Gasteiger partial charge in [-0.15, -0.1) is 11.8 Å². The van der Waals surface area contributed by atoms with Crippen LogP contribution in [0.1, 0.15) is 0 Å². The van der Waals surface area contributed by atoms with E-state index in [1.54, 1.807) is 48.5 Å². The second-order valence-corrected chi connectivity index (χ2v) is 7.11. The maximum atomic E-state index is 12.4. The Hall–Kier alpha value is -2.97. The highest BCUT2D eigenvalue weighted by atomic mass is 35.5. The summed E-state index contributed by atoms with van der Waals surface area (Å²) in [6, 6.07) is 15.0. The number of halogens is 1. The van der Waals surface area contributed by atoms with Gasteiger partial charge in [-0.3, -0.25) is 14.6 Å². The Kier molecular flexibility index (Phi) is 6.23. The summed E-state index contributed by atoms with van der Waals surface area (Å²) in [5.74, 6) is 0.199. The van der Waals surface area contributed by atoms with Gasteiger partial charge in [0.05, 0.1) is 18.6 Å². The quantitative estimate of drug-likeness (QED) is 0.601. The van der Waals surface area contributed by atoms with Gasteiger partial charge in [-0.25, -0.2) is 9.36 Å². The molecular formula is C19H16ClN3O4S. The van der Waals surface area contributed by atoms with Crippen LogP contribution in [0.5, 0.6) is 5.75 Å². The molecule has 0 unspecified atom stereocenters. The fourth-order valence-electron chi connectivity index (χ4n) is 2.50. The molecule has 144 valence electrons. The monoisotopic (exact) mass is 417 g/mol. The van der Waals surface area contributed by atoms with E-state index in [4.69, 9.17) is 16.3 Å². The highest BCUT2D eigenvalue weighted by Crippen LogP contribution is 2.24. The van der Waals surface area contributed by atoms with Crippen molar-refractivity contribution >= 4 is 35.1 Å². The summed E-state index contributed by atoms with van der Waals surface area (Å²) >= 11 is 7.15. The van der Waals surface area contributed by atoms with Gasteiger partial charge in [0.2, 0.25) is 5.91 Å². The molecular weight excluding hydrogens is 402 g/mol. The molecule has 0 bridgehead atoms. The Labute approximate surface area is 169 Å². The van der Waals surface area contributed by atoms with E-state index in [9.17, 15) is 14.4 Å². The number of benzene rings is 2. The van der Waals surface area contributed by atoms with Crippen LogP contribution in [0, 0.1) is 0 Å². The molecule has 28 heavy (non-hydrogen) atoms. The highest BCUT2D eigenvalue weighted by Gasteiger charge is 2.14. The highest BCUT2D eigenvalue weighted by molar-refractivity contribution is 8.00. The van der Waals surface area contributed by atoms with Crippen molar-refractivity contribution in [2.75, 3.05) is 18.2 Å². The van der Waals surface area contributed by atoms with Crippen LogP contribution in [0.15, 0.2) is 69.1 Å². The van der Waals surface area contributed by atoms with Crippen molar-refractivity contribution in [3.8, 4) is 11.4 Å². The van der Waals surface area contributed by atoms with E-state index in [-0.39, 0.29) is 17.5 Å². The Bertz CT molecular complexity index is 1110. The number of hydrogen-bond donors (Lipinski definition) is 2. The molecule has 1 aromatic heterocycles. The summed E-state index contributed by atoms with van der Waals surface area (Å²) in [5.41, 5.74) is -0.902. The van der Waals surface area contributed by atoms with Crippen molar-refractivity contribution < 1.29 is 9.53 Å². The maximum absolute atomic E-state index is 12.4. The van der Waals surface area contributed by atoms with E-state index in [0.29, 0.717) is 16.5 Å². The van der Waals surface area contributed by atoms with Crippen LogP contribution in [0.3, 0.4) is 0 Å². The zero-order valence-corrected chi connectivity index (χ0v) is 16.3. The number of rotatable bonds is 6. The van der Waals surface area contributed by atoms with Gasteiger partial charge in [0.15, 0.2) is 0 Å². The van der Waals surface area contributed by atoms with Crippen LogP contribution in [0.2, 0.25) is 5.02 Å². The lowest BCUT2D eigenvalue weighted by atomic mass is 10.3. The average Bonchev–Trinajstić information content (AvgIpc) is 2.67. The number of anilines is 1. The first kappa shape index (κ1) is 19.8. The fraction of sp³-hybridized carbons (Fsp3) is 0.105. The largest absolute Gasteiger partial charge is 0.495 e. The first-order valence-corrected chi connectivity index (χ1v) is 9.52. The first-order valence-electron chi connectivity index (χ1n) is 8.16. The smallest absolute Gasteiger partial charge is 0.334 e. The molecule has 0 spiro atoms. The third-order valence-electron chi connectivity index (χ3n) is 3.72. The molecule has 0 radical (unpaired) electrons. The second kappa shape index (κ2) is 8.81. The Balaban J connectivity index is 1.87. The summed E-state index contributed by atoms with van der Waals surface area (Å²) in [5, 5.41) is 3.23. The van der Waals surface area contributed by atoms with Gasteiger partial charge >= 0.3 is 5.69 Å². The molecule has 1 amide bonds. The third kappa shape index (κ3) is 4.65. The Morgan fingerprint density at radius 3 is 2.61 bits per heavy atom. The molecule has 0 aliphatic carbocycles. The summed E-state index contributed by atoms with van der Waals surface area (Å²) < 4.78 is 6.47. The van der Waals surface area contributed by atoms with E-state index in [1.165, 1.54) is 23.4 Å². The summed E-state index contributed by atoms with van der Waals surface area (Å²) in [7, 11) is 1.47. The van der Waals surface area contributed by atoms with Crippen LogP contribution in [-0.4, -0.2) is 28.3 Å². The van der Waals surface area contributed by atoms with Gasteiger partial charge in [-0.05, 0) is 36.4 Å². The van der Waals surface area contributed by atoms with Crippen molar-refractivity contribution in [3.63, 3.8) is 0 Å². The molecule has 1 heterocycles. The summed E-state index contributed by atoms with van der Waals surface area (Å²) in [6.45, 7) is 0. The summed E-state index contributed by atoms with van der Waals surface area (Å²) in [4.78, 5) is 39.6. The molecule has 0 saturated heterocycles. The minimum atomic E-state index is -0.683. The van der Waals surface area contributed by atoms with Gasteiger partial charge in [-0.2, -0.15) is 0 Å². The minimum Gasteiger partial charge on any atom is -0.495 e. The second-order valence-electron chi connectivity index (χ2n) is 5.62. The van der Waals surface area contributed by atoms with Crippen molar-refractivity contribution in [1.82, 2.24) is 9.55 Å². The summed E-state index contributed by atoms with van der Waals surface area (Å²) in [6.07, 6.45) is 0. The van der Waals surface area contributed by atoms with E-state index in [0.717, 1.165) is 11.0 Å². The SMILES string of the molecule is COc1ccccc1-n1c(NC(=O)CSc2ccc(Cl)cc2)cc(=O)[nH]c1=O. The van der Waals surface area contributed by atoms with Crippen molar-refractivity contribution in [2.24, 2.45) is 0 Å². The Morgan fingerprint density at radius 1 is 1.18 bits per heavy atom. The number of hydrogen-bond acceptors (Lipinski definition) is 5. The number of ether oxygens (including phenoxy) is 1. The predicted octanol–water partition coefficient (Wildman–Crippen LogP) is 2.92. The van der Waals surface area contributed by atoms with Gasteiger partial charge in [0.1, 0.15) is 11.6 Å². The number of methoxy groups -OCH3 is 1. The van der Waals surface area contributed by atoms with Crippen LogP contribution < -0.4 is 21.3 Å². The van der Waals surface area contributed by atoms with Gasteiger partial charge in [-0.1, -0.05) is 23.7 Å². The van der Waals surface area contributed by atoms with Crippen molar-refractivity contribution in [3.05, 3.63) is 80.5 Å². The fourth-order valence-corrected chi connectivity index (χ4v) is 3.32. The Morgan fingerprint density at radius 2 is 1.89 bits per heavy atom. The number of carbonyl (C=O) groups excluding carboxylic acids is 1. The molecule has 3 aromatic rings. The number of amides is 1. The molecule has 9 heteroatoms. The van der Waals surface area contributed by atoms with Crippen molar-refractivity contribution in [2.45, 2.75) is 4.90 Å². The normalized spacial score (nSPS) is 10.5. The molecule has 0 aliphatic heterocycles. The van der Waals surface area contributed by atoms with Gasteiger partial charge in [0.25, 0.3) is 5.56 Å². The van der Waals surface area contributed by atoms with E-state index in [2.05, 4.69) is 10.3 Å². The number of carbonyl (C=O) groups is 1. The minimum absolute atomic E-state index is 0.0555. The third-order valence-corrected chi connectivity index (χ3v) is 4.98. The van der Waals surface area contributed by atoms with Crippen LogP contribution in [0.4, 0.5) is 5.82 Å². The van der Waals surface area contributed by atoms with Crippen molar-refractivity contribution in [1.29, 1.82) is 0 Å². The van der Waals surface area contributed by atoms with Crippen LogP contribution in [-0.2, 0) is 4.79 Å². The molecule has 0 aliphatic rings. The van der Waals surface area contributed by atoms with Crippen LogP contribution in [0.25, 0.3) is 5.69 Å². The number of aromatic nitrogens is 2. The average molecular weight is 418 g/mol. The van der Waals surface area contributed by atoms with E-state index >= 15 is 0 Å². The first-order chi connectivity index (χ1) is 13.5. The molecule has 0 fully saturated rings. The van der Waals surface area contributed by atoms with Crippen LogP contribution >= 0.6 is 23.4 Å². The maximum Gasteiger partial charge on any atom is 0.334 e. The molecule has 0 atom stereocenters. The van der Waals surface area contributed by atoms with Gasteiger partial charge < -0.3 is 10.1 Å². The van der Waals surface area contributed by atoms with Gasteiger partial charge in [0, 0.05) is 16.0 Å². The lowest BCUT2D eigenvalue weighted by Crippen LogP contribution is -2.32. The molecule has 2 aromatic carbocycles. The molecule has 7 nitrogen and oxygen atoms in total. The standard InChI is InChI=1S/C19H16ClN3O4S/c1-27-15-5-3-2-4-14(15)23-16(10-17(24)22-19(23)26)21-18(25)11-28-13-8-6-12(20)7-9-13/h2-10H,11H2,1H3,(H,21,25)(H,22,24,26).